The summed E-state index contributed by atoms with van der Waals surface area (Å²) in [5, 5.41) is 20.8. The summed E-state index contributed by atoms with van der Waals surface area (Å²) in [5.41, 5.74) is 0.0874. The third-order valence-corrected chi connectivity index (χ3v) is 4.84. The molecule has 0 heterocycles. The van der Waals surface area contributed by atoms with Gasteiger partial charge in [-0.05, 0) is 31.6 Å². The molecule has 24 heavy (non-hydrogen) atoms. The molecule has 7 nitrogen and oxygen atoms in total. The molecule has 1 fully saturated rings. The summed E-state index contributed by atoms with van der Waals surface area (Å²) in [4.78, 5) is 36.2. The monoisotopic (exact) mass is 342 g/mol. The molecule has 0 radical (unpaired) electrons. The lowest BCUT2D eigenvalue weighted by atomic mass is 9.74. The molecule has 1 saturated carbocycles. The lowest BCUT2D eigenvalue weighted by molar-refractivity contribution is -0.152. The zero-order valence-corrected chi connectivity index (χ0v) is 14.8. The number of amides is 2. The van der Waals surface area contributed by atoms with E-state index >= 15 is 0 Å². The smallest absolute Gasteiger partial charge is 0.326 e. The number of carbonyl (C=O) groups excluding carboxylic acids is 2. The molecule has 0 aliphatic heterocycles. The third kappa shape index (κ3) is 5.47. The maximum atomic E-state index is 12.7. The van der Waals surface area contributed by atoms with Crippen molar-refractivity contribution in [3.8, 4) is 0 Å². The molecule has 1 aliphatic rings. The van der Waals surface area contributed by atoms with E-state index in [2.05, 4.69) is 5.32 Å². The zero-order valence-electron chi connectivity index (χ0n) is 14.8. The van der Waals surface area contributed by atoms with Gasteiger partial charge in [0.1, 0.15) is 11.5 Å². The first-order valence-electron chi connectivity index (χ1n) is 8.69. The SMILES string of the molecule is CC(C)C[C@H](NC(=O)C(C)(CC1CCCCC1)C(=O)NO)C(=O)O. The summed E-state index contributed by atoms with van der Waals surface area (Å²) in [5.74, 6) is -2.25. The first-order valence-corrected chi connectivity index (χ1v) is 8.69. The molecule has 0 bridgehead atoms. The van der Waals surface area contributed by atoms with Crippen molar-refractivity contribution in [3.63, 3.8) is 0 Å². The van der Waals surface area contributed by atoms with E-state index in [0.717, 1.165) is 32.1 Å². The van der Waals surface area contributed by atoms with Crippen LogP contribution in [0.4, 0.5) is 0 Å². The molecular weight excluding hydrogens is 312 g/mol. The van der Waals surface area contributed by atoms with Gasteiger partial charge in [0.2, 0.25) is 5.91 Å². The maximum Gasteiger partial charge on any atom is 0.326 e. The standard InChI is InChI=1S/C17H30N2O5/c1-11(2)9-13(14(20)21)18-15(22)17(3,16(23)19-24)10-12-7-5-4-6-8-12/h11-13,24H,4-10H2,1-3H3,(H,18,22)(H,19,23)(H,20,21)/t13-,17?/m0/s1. The summed E-state index contributed by atoms with van der Waals surface area (Å²) in [7, 11) is 0. The van der Waals surface area contributed by atoms with Gasteiger partial charge in [-0.15, -0.1) is 0 Å². The second-order valence-electron chi connectivity index (χ2n) is 7.48. The van der Waals surface area contributed by atoms with Crippen molar-refractivity contribution in [2.24, 2.45) is 17.3 Å². The lowest BCUT2D eigenvalue weighted by Gasteiger charge is -2.33. The van der Waals surface area contributed by atoms with E-state index in [4.69, 9.17) is 5.21 Å². The number of hydroxylamine groups is 1. The predicted octanol–water partition coefficient (Wildman–Crippen LogP) is 2.08. The minimum absolute atomic E-state index is 0.0858. The molecule has 0 aromatic rings. The minimum atomic E-state index is -1.48. The number of hydrogen-bond donors (Lipinski definition) is 4. The van der Waals surface area contributed by atoms with Crippen molar-refractivity contribution in [3.05, 3.63) is 0 Å². The molecule has 1 unspecified atom stereocenters. The Hall–Kier alpha value is -1.63. The summed E-state index contributed by atoms with van der Waals surface area (Å²) in [6.07, 6.45) is 5.75. The number of nitrogens with one attached hydrogen (secondary N) is 2. The average Bonchev–Trinajstić information content (AvgIpc) is 2.53. The normalized spacial score (nSPS) is 19.4. The molecule has 0 spiro atoms. The van der Waals surface area contributed by atoms with E-state index < -0.39 is 29.2 Å². The number of aliphatic carboxylic acids is 1. The van der Waals surface area contributed by atoms with Gasteiger partial charge in [-0.2, -0.15) is 0 Å². The lowest BCUT2D eigenvalue weighted by Crippen LogP contribution is -2.54. The van der Waals surface area contributed by atoms with Gasteiger partial charge >= 0.3 is 5.97 Å². The van der Waals surface area contributed by atoms with Gasteiger partial charge in [-0.25, -0.2) is 10.3 Å². The quantitative estimate of drug-likeness (QED) is 0.306. The van der Waals surface area contributed by atoms with Gasteiger partial charge in [0.25, 0.3) is 5.91 Å². The molecule has 0 saturated heterocycles. The van der Waals surface area contributed by atoms with E-state index in [-0.39, 0.29) is 18.3 Å². The van der Waals surface area contributed by atoms with Crippen LogP contribution in [-0.4, -0.2) is 34.1 Å². The summed E-state index contributed by atoms with van der Waals surface area (Å²) in [6.45, 7) is 5.20. The van der Waals surface area contributed by atoms with Crippen molar-refractivity contribution in [1.82, 2.24) is 10.8 Å². The van der Waals surface area contributed by atoms with Crippen LogP contribution in [-0.2, 0) is 14.4 Å². The van der Waals surface area contributed by atoms with Crippen LogP contribution in [0.1, 0.15) is 65.7 Å². The highest BCUT2D eigenvalue weighted by Gasteiger charge is 2.44. The molecule has 2 amide bonds. The number of carbonyl (C=O) groups is 3. The van der Waals surface area contributed by atoms with Crippen LogP contribution in [0.25, 0.3) is 0 Å². The molecule has 138 valence electrons. The highest BCUT2D eigenvalue weighted by atomic mass is 16.5. The van der Waals surface area contributed by atoms with Gasteiger partial charge in [0.15, 0.2) is 0 Å². The summed E-state index contributed by atoms with van der Waals surface area (Å²) < 4.78 is 0. The summed E-state index contributed by atoms with van der Waals surface area (Å²) >= 11 is 0. The van der Waals surface area contributed by atoms with E-state index in [1.54, 1.807) is 5.48 Å². The van der Waals surface area contributed by atoms with Gasteiger partial charge in [0.05, 0.1) is 0 Å². The average molecular weight is 342 g/mol. The molecular formula is C17H30N2O5. The molecule has 0 aromatic heterocycles. The first-order chi connectivity index (χ1) is 11.2. The topological polar surface area (TPSA) is 116 Å². The van der Waals surface area contributed by atoms with E-state index in [1.807, 2.05) is 13.8 Å². The molecule has 2 atom stereocenters. The Bertz CT molecular complexity index is 460. The Balaban J connectivity index is 2.90. The van der Waals surface area contributed by atoms with Gasteiger partial charge < -0.3 is 10.4 Å². The van der Waals surface area contributed by atoms with Crippen molar-refractivity contribution >= 4 is 17.8 Å². The highest BCUT2D eigenvalue weighted by Crippen LogP contribution is 2.35. The molecule has 1 rings (SSSR count). The van der Waals surface area contributed by atoms with Gasteiger partial charge in [0, 0.05) is 0 Å². The Morgan fingerprint density at radius 2 is 1.71 bits per heavy atom. The Labute approximate surface area is 143 Å². The molecule has 1 aliphatic carbocycles. The van der Waals surface area contributed by atoms with Gasteiger partial charge in [-0.1, -0.05) is 46.0 Å². The second-order valence-corrected chi connectivity index (χ2v) is 7.48. The van der Waals surface area contributed by atoms with Crippen LogP contribution < -0.4 is 10.8 Å². The van der Waals surface area contributed by atoms with Crippen molar-refractivity contribution in [2.75, 3.05) is 0 Å². The number of hydrogen-bond acceptors (Lipinski definition) is 4. The number of carboxylic acids is 1. The van der Waals surface area contributed by atoms with Crippen molar-refractivity contribution < 1.29 is 24.7 Å². The second kappa shape index (κ2) is 9.01. The van der Waals surface area contributed by atoms with E-state index in [0.29, 0.717) is 6.42 Å². The van der Waals surface area contributed by atoms with Crippen LogP contribution in [0.2, 0.25) is 0 Å². The Morgan fingerprint density at radius 3 is 2.17 bits per heavy atom. The third-order valence-electron chi connectivity index (χ3n) is 4.84. The molecule has 4 N–H and O–H groups in total. The van der Waals surface area contributed by atoms with Gasteiger partial charge in [-0.3, -0.25) is 14.8 Å². The van der Waals surface area contributed by atoms with Crippen LogP contribution >= 0.6 is 0 Å². The number of rotatable bonds is 8. The van der Waals surface area contributed by atoms with E-state index in [1.165, 1.54) is 6.92 Å². The number of carboxylic acid groups (broad SMARTS) is 1. The largest absolute Gasteiger partial charge is 0.480 e. The fourth-order valence-corrected chi connectivity index (χ4v) is 3.39. The van der Waals surface area contributed by atoms with Crippen molar-refractivity contribution in [1.29, 1.82) is 0 Å². The predicted molar refractivity (Wildman–Crippen MR) is 88.2 cm³/mol. The Kier molecular flexibility index (Phi) is 7.66. The maximum absolute atomic E-state index is 12.7. The first kappa shape index (κ1) is 20.4. The van der Waals surface area contributed by atoms with E-state index in [9.17, 15) is 19.5 Å². The van der Waals surface area contributed by atoms with Crippen LogP contribution in [0.15, 0.2) is 0 Å². The summed E-state index contributed by atoms with van der Waals surface area (Å²) in [6, 6.07) is -1.05. The van der Waals surface area contributed by atoms with Crippen LogP contribution in [0.3, 0.4) is 0 Å². The molecule has 7 heteroatoms. The fourth-order valence-electron chi connectivity index (χ4n) is 3.39. The zero-order chi connectivity index (χ0) is 18.3. The van der Waals surface area contributed by atoms with Crippen molar-refractivity contribution in [2.45, 2.75) is 71.8 Å². The minimum Gasteiger partial charge on any atom is -0.480 e. The van der Waals surface area contributed by atoms with Crippen LogP contribution in [0, 0.1) is 17.3 Å². The fraction of sp³-hybridized carbons (Fsp3) is 0.824. The highest BCUT2D eigenvalue weighted by molar-refractivity contribution is 6.05. The van der Waals surface area contributed by atoms with Crippen LogP contribution in [0.5, 0.6) is 0 Å². The Morgan fingerprint density at radius 1 is 1.12 bits per heavy atom. The molecule has 0 aromatic carbocycles.